The molecule has 1 heterocycles. The van der Waals surface area contributed by atoms with Crippen LogP contribution in [0.4, 0.5) is 0 Å². The summed E-state index contributed by atoms with van der Waals surface area (Å²) in [5.74, 6) is -1.45. The number of rotatable bonds is 10. The molecule has 0 saturated carbocycles. The molecule has 13 nitrogen and oxygen atoms in total. The summed E-state index contributed by atoms with van der Waals surface area (Å²) in [5.41, 5.74) is 0.605. The van der Waals surface area contributed by atoms with Gasteiger partial charge in [-0.05, 0) is 41.5 Å². The van der Waals surface area contributed by atoms with Crippen LogP contribution in [-0.4, -0.2) is 104 Å². The number of carbonyl (C=O) groups is 1. The number of ether oxygens (including phenoxy) is 4. The molecule has 0 radical (unpaired) electrons. The summed E-state index contributed by atoms with van der Waals surface area (Å²) >= 11 is 0. The van der Waals surface area contributed by atoms with Crippen molar-refractivity contribution in [3.05, 3.63) is 53.6 Å². The minimum atomic E-state index is -1.72. The summed E-state index contributed by atoms with van der Waals surface area (Å²) < 4.78 is 21.5. The molecule has 0 bridgehead atoms. The smallest absolute Gasteiger partial charge is 0.330 e. The van der Waals surface area contributed by atoms with Crippen LogP contribution in [0.1, 0.15) is 17.2 Å². The summed E-state index contributed by atoms with van der Waals surface area (Å²) in [4.78, 5) is 12.1. The molecule has 8 N–H and O–H groups in total. The number of methoxy groups -OCH3 is 1. The van der Waals surface area contributed by atoms with Crippen molar-refractivity contribution >= 4 is 12.0 Å². The van der Waals surface area contributed by atoms with Crippen molar-refractivity contribution in [1.82, 2.24) is 0 Å². The molecule has 1 aliphatic heterocycles. The Hall–Kier alpha value is -3.43. The van der Waals surface area contributed by atoms with Gasteiger partial charge in [-0.3, -0.25) is 0 Å². The SMILES string of the molecule is COc1cc([C@H](O)[C@H](O)CO)ccc1O[C@@H]1O[C@H](COC(=O)/C=C/c2ccc(O)c(O)c2)[C@@H](O)[C@H](O)[C@H]1O. The molecular weight excluding hydrogens is 508 g/mol. The number of aromatic hydroxyl groups is 2. The second-order valence-corrected chi connectivity index (χ2v) is 8.45. The van der Waals surface area contributed by atoms with E-state index in [1.807, 2.05) is 0 Å². The molecular formula is C25H30O13. The summed E-state index contributed by atoms with van der Waals surface area (Å²) in [6.45, 7) is -1.19. The lowest BCUT2D eigenvalue weighted by Crippen LogP contribution is -2.60. The number of hydrogen-bond acceptors (Lipinski definition) is 13. The molecule has 0 aromatic heterocycles. The molecule has 13 heteroatoms. The van der Waals surface area contributed by atoms with E-state index in [-0.39, 0.29) is 28.6 Å². The number of aliphatic hydroxyl groups excluding tert-OH is 6. The number of esters is 1. The van der Waals surface area contributed by atoms with Crippen molar-refractivity contribution in [2.45, 2.75) is 42.9 Å². The van der Waals surface area contributed by atoms with E-state index in [0.29, 0.717) is 5.56 Å². The van der Waals surface area contributed by atoms with Crippen LogP contribution in [0.15, 0.2) is 42.5 Å². The van der Waals surface area contributed by atoms with Gasteiger partial charge in [0.1, 0.15) is 43.2 Å². The first-order valence-electron chi connectivity index (χ1n) is 11.4. The molecule has 1 aliphatic rings. The molecule has 208 valence electrons. The maximum absolute atomic E-state index is 12.1. The normalized spacial score (nSPS) is 25.1. The number of phenolic OH excluding ortho intramolecular Hbond substituents is 2. The molecule has 2 aromatic carbocycles. The molecule has 1 fully saturated rings. The van der Waals surface area contributed by atoms with Gasteiger partial charge in [0, 0.05) is 6.08 Å². The number of aliphatic hydroxyl groups is 6. The van der Waals surface area contributed by atoms with Crippen LogP contribution in [0.2, 0.25) is 0 Å². The second kappa shape index (κ2) is 12.9. The highest BCUT2D eigenvalue weighted by Crippen LogP contribution is 2.34. The van der Waals surface area contributed by atoms with E-state index in [1.165, 1.54) is 49.6 Å². The van der Waals surface area contributed by atoms with Crippen molar-refractivity contribution in [2.75, 3.05) is 20.3 Å². The van der Waals surface area contributed by atoms with Crippen LogP contribution in [0.3, 0.4) is 0 Å². The van der Waals surface area contributed by atoms with Gasteiger partial charge in [-0.25, -0.2) is 4.79 Å². The monoisotopic (exact) mass is 538 g/mol. The Morgan fingerprint density at radius 1 is 1.00 bits per heavy atom. The third-order valence-electron chi connectivity index (χ3n) is 5.79. The zero-order valence-corrected chi connectivity index (χ0v) is 20.2. The number of carbonyl (C=O) groups excluding carboxylic acids is 1. The Balaban J connectivity index is 1.66. The van der Waals surface area contributed by atoms with E-state index < -0.39 is 62.1 Å². The maximum atomic E-state index is 12.1. The molecule has 1 saturated heterocycles. The first-order chi connectivity index (χ1) is 18.0. The van der Waals surface area contributed by atoms with Crippen LogP contribution in [0.25, 0.3) is 6.08 Å². The summed E-state index contributed by atoms with van der Waals surface area (Å²) in [7, 11) is 1.30. The number of phenols is 2. The van der Waals surface area contributed by atoms with Gasteiger partial charge in [0.05, 0.1) is 13.7 Å². The Morgan fingerprint density at radius 2 is 1.74 bits per heavy atom. The fourth-order valence-corrected chi connectivity index (χ4v) is 3.58. The molecule has 0 spiro atoms. The van der Waals surface area contributed by atoms with Gasteiger partial charge < -0.3 is 59.8 Å². The summed E-state index contributed by atoms with van der Waals surface area (Å²) in [6.07, 6.45) is -8.37. The van der Waals surface area contributed by atoms with Crippen molar-refractivity contribution in [2.24, 2.45) is 0 Å². The van der Waals surface area contributed by atoms with E-state index in [4.69, 9.17) is 24.1 Å². The predicted octanol–water partition coefficient (Wildman–Crippen LogP) is -1.06. The van der Waals surface area contributed by atoms with Gasteiger partial charge in [0.2, 0.25) is 6.29 Å². The number of hydrogen-bond donors (Lipinski definition) is 8. The van der Waals surface area contributed by atoms with Gasteiger partial charge in [-0.2, -0.15) is 0 Å². The quantitative estimate of drug-likeness (QED) is 0.103. The van der Waals surface area contributed by atoms with Gasteiger partial charge in [-0.1, -0.05) is 12.1 Å². The zero-order chi connectivity index (χ0) is 28.0. The highest BCUT2D eigenvalue weighted by atomic mass is 16.7. The molecule has 0 amide bonds. The topological polar surface area (TPSA) is 216 Å². The van der Waals surface area contributed by atoms with E-state index >= 15 is 0 Å². The van der Waals surface area contributed by atoms with E-state index in [9.17, 15) is 40.5 Å². The van der Waals surface area contributed by atoms with Gasteiger partial charge in [-0.15, -0.1) is 0 Å². The Morgan fingerprint density at radius 3 is 2.39 bits per heavy atom. The van der Waals surface area contributed by atoms with Crippen LogP contribution < -0.4 is 9.47 Å². The average Bonchev–Trinajstić information content (AvgIpc) is 2.92. The van der Waals surface area contributed by atoms with Crippen LogP contribution in [0, 0.1) is 0 Å². The van der Waals surface area contributed by atoms with Crippen molar-refractivity contribution in [1.29, 1.82) is 0 Å². The van der Waals surface area contributed by atoms with E-state index in [0.717, 1.165) is 6.08 Å². The van der Waals surface area contributed by atoms with Crippen LogP contribution in [0.5, 0.6) is 23.0 Å². The molecule has 2 aromatic rings. The lowest BCUT2D eigenvalue weighted by atomic mass is 9.99. The van der Waals surface area contributed by atoms with E-state index in [2.05, 4.69) is 0 Å². The average molecular weight is 539 g/mol. The highest BCUT2D eigenvalue weighted by molar-refractivity contribution is 5.87. The minimum Gasteiger partial charge on any atom is -0.504 e. The lowest BCUT2D eigenvalue weighted by Gasteiger charge is -2.40. The Kier molecular flexibility index (Phi) is 9.88. The fourth-order valence-electron chi connectivity index (χ4n) is 3.58. The summed E-state index contributed by atoms with van der Waals surface area (Å²) in [5, 5.41) is 78.6. The van der Waals surface area contributed by atoms with Gasteiger partial charge in [0.15, 0.2) is 23.0 Å². The molecule has 7 atom stereocenters. The molecule has 38 heavy (non-hydrogen) atoms. The third kappa shape index (κ3) is 6.90. The second-order valence-electron chi connectivity index (χ2n) is 8.45. The molecule has 3 rings (SSSR count). The largest absolute Gasteiger partial charge is 0.504 e. The van der Waals surface area contributed by atoms with Crippen LogP contribution >= 0.6 is 0 Å². The summed E-state index contributed by atoms with van der Waals surface area (Å²) in [6, 6.07) is 7.96. The maximum Gasteiger partial charge on any atom is 0.330 e. The van der Waals surface area contributed by atoms with Gasteiger partial charge >= 0.3 is 5.97 Å². The lowest BCUT2D eigenvalue weighted by molar-refractivity contribution is -0.278. The highest BCUT2D eigenvalue weighted by Gasteiger charge is 2.45. The molecule has 0 aliphatic carbocycles. The standard InChI is InChI=1S/C25H30O13/c1-35-18-9-13(21(31)16(29)10-26)4-6-17(18)37-25-24(34)23(33)22(32)19(38-25)11-36-20(30)7-3-12-2-5-14(27)15(28)8-12/h2-9,16,19,21-29,31-34H,10-11H2,1H3/b7-3+/t16-,19-,21+,22-,23+,24-,25-/m1/s1. The van der Waals surface area contributed by atoms with Gasteiger partial charge in [0.25, 0.3) is 0 Å². The third-order valence-corrected chi connectivity index (χ3v) is 5.79. The van der Waals surface area contributed by atoms with Crippen molar-refractivity contribution in [3.8, 4) is 23.0 Å². The predicted molar refractivity (Wildman–Crippen MR) is 128 cm³/mol. The Bertz CT molecular complexity index is 1120. The fraction of sp³-hybridized carbons (Fsp3) is 0.400. The van der Waals surface area contributed by atoms with Crippen molar-refractivity contribution < 1.29 is 64.6 Å². The van der Waals surface area contributed by atoms with Crippen molar-refractivity contribution in [3.63, 3.8) is 0 Å². The Labute approximate surface area is 217 Å². The first kappa shape index (κ1) is 29.1. The minimum absolute atomic E-state index is 0.0189. The number of benzene rings is 2. The zero-order valence-electron chi connectivity index (χ0n) is 20.2. The van der Waals surface area contributed by atoms with Crippen LogP contribution in [-0.2, 0) is 14.3 Å². The first-order valence-corrected chi connectivity index (χ1v) is 11.4. The molecule has 0 unspecified atom stereocenters. The van der Waals surface area contributed by atoms with E-state index in [1.54, 1.807) is 0 Å².